The number of carbonyl (C=O) groups excluding carboxylic acids is 1. The molecule has 5 heteroatoms. The number of methoxy groups -OCH3 is 1. The number of nitrogens with zero attached hydrogens (tertiary/aromatic N) is 2. The maximum Gasteiger partial charge on any atom is 0.251 e. The fourth-order valence-electron chi connectivity index (χ4n) is 2.75. The SMILES string of the molecule is COC(CNC(=O)c1ccc2c(c1)nc(C)n2C)c1ccccc1. The minimum Gasteiger partial charge on any atom is -0.375 e. The number of ether oxygens (including phenoxy) is 1. The maximum atomic E-state index is 12.4. The zero-order chi connectivity index (χ0) is 17.1. The summed E-state index contributed by atoms with van der Waals surface area (Å²) in [5.74, 6) is 0.796. The maximum absolute atomic E-state index is 12.4. The van der Waals surface area contributed by atoms with E-state index >= 15 is 0 Å². The Morgan fingerprint density at radius 3 is 2.71 bits per heavy atom. The van der Waals surface area contributed by atoms with Gasteiger partial charge in [0, 0.05) is 26.3 Å². The first-order valence-corrected chi connectivity index (χ1v) is 7.89. The molecule has 1 unspecified atom stereocenters. The molecule has 124 valence electrons. The lowest BCUT2D eigenvalue weighted by molar-refractivity contribution is 0.0828. The average molecular weight is 323 g/mol. The highest BCUT2D eigenvalue weighted by molar-refractivity contribution is 5.97. The van der Waals surface area contributed by atoms with Gasteiger partial charge in [0.1, 0.15) is 5.82 Å². The van der Waals surface area contributed by atoms with Crippen LogP contribution >= 0.6 is 0 Å². The van der Waals surface area contributed by atoms with E-state index < -0.39 is 0 Å². The summed E-state index contributed by atoms with van der Waals surface area (Å²) >= 11 is 0. The summed E-state index contributed by atoms with van der Waals surface area (Å²) in [6.45, 7) is 2.36. The standard InChI is InChI=1S/C19H21N3O2/c1-13-21-16-11-15(9-10-17(16)22(13)2)19(23)20-12-18(24-3)14-7-5-4-6-8-14/h4-11,18H,12H2,1-3H3,(H,20,23). The van der Waals surface area contributed by atoms with Gasteiger partial charge < -0.3 is 14.6 Å². The van der Waals surface area contributed by atoms with Crippen molar-refractivity contribution in [3.63, 3.8) is 0 Å². The van der Waals surface area contributed by atoms with Gasteiger partial charge in [-0.15, -0.1) is 0 Å². The summed E-state index contributed by atoms with van der Waals surface area (Å²) in [6.07, 6.45) is -0.170. The average Bonchev–Trinajstić information content (AvgIpc) is 2.90. The van der Waals surface area contributed by atoms with E-state index in [0.29, 0.717) is 12.1 Å². The molecule has 3 rings (SSSR count). The number of hydrogen-bond acceptors (Lipinski definition) is 3. The van der Waals surface area contributed by atoms with Crippen molar-refractivity contribution in [1.29, 1.82) is 0 Å². The molecule has 1 heterocycles. The van der Waals surface area contributed by atoms with Crippen LogP contribution in [0.4, 0.5) is 0 Å². The number of amides is 1. The van der Waals surface area contributed by atoms with Crippen molar-refractivity contribution < 1.29 is 9.53 Å². The number of hydrogen-bond donors (Lipinski definition) is 1. The molecule has 0 saturated carbocycles. The minimum atomic E-state index is -0.170. The zero-order valence-corrected chi connectivity index (χ0v) is 14.1. The summed E-state index contributed by atoms with van der Waals surface area (Å²) < 4.78 is 7.49. The van der Waals surface area contributed by atoms with Crippen LogP contribution in [0.25, 0.3) is 11.0 Å². The normalized spacial score (nSPS) is 12.3. The molecule has 1 atom stereocenters. The molecule has 5 nitrogen and oxygen atoms in total. The summed E-state index contributed by atoms with van der Waals surface area (Å²) in [4.78, 5) is 16.9. The van der Waals surface area contributed by atoms with Crippen molar-refractivity contribution in [1.82, 2.24) is 14.9 Å². The zero-order valence-electron chi connectivity index (χ0n) is 14.1. The molecule has 1 N–H and O–H groups in total. The van der Waals surface area contributed by atoms with Crippen molar-refractivity contribution in [2.45, 2.75) is 13.0 Å². The first-order valence-electron chi connectivity index (χ1n) is 7.89. The molecule has 0 saturated heterocycles. The number of aryl methyl sites for hydroxylation is 2. The Morgan fingerprint density at radius 2 is 2.00 bits per heavy atom. The number of nitrogens with one attached hydrogen (secondary N) is 1. The lowest BCUT2D eigenvalue weighted by Crippen LogP contribution is -2.29. The topological polar surface area (TPSA) is 56.1 Å². The summed E-state index contributed by atoms with van der Waals surface area (Å²) in [5.41, 5.74) is 3.48. The molecule has 0 aliphatic heterocycles. The van der Waals surface area contributed by atoms with Crippen LogP contribution < -0.4 is 5.32 Å². The Hall–Kier alpha value is -2.66. The van der Waals surface area contributed by atoms with E-state index in [2.05, 4.69) is 10.3 Å². The third-order valence-electron chi connectivity index (χ3n) is 4.27. The van der Waals surface area contributed by atoms with E-state index in [-0.39, 0.29) is 12.0 Å². The lowest BCUT2D eigenvalue weighted by atomic mass is 10.1. The van der Waals surface area contributed by atoms with Gasteiger partial charge in [0.25, 0.3) is 5.91 Å². The minimum absolute atomic E-state index is 0.127. The number of aromatic nitrogens is 2. The van der Waals surface area contributed by atoms with Gasteiger partial charge >= 0.3 is 0 Å². The predicted octanol–water partition coefficient (Wildman–Crippen LogP) is 3.00. The van der Waals surface area contributed by atoms with Crippen molar-refractivity contribution in [2.75, 3.05) is 13.7 Å². The van der Waals surface area contributed by atoms with Gasteiger partial charge in [-0.3, -0.25) is 4.79 Å². The van der Waals surface area contributed by atoms with E-state index in [1.54, 1.807) is 7.11 Å². The lowest BCUT2D eigenvalue weighted by Gasteiger charge is -2.16. The second-order valence-corrected chi connectivity index (χ2v) is 5.77. The fourth-order valence-corrected chi connectivity index (χ4v) is 2.75. The van der Waals surface area contributed by atoms with Gasteiger partial charge in [-0.25, -0.2) is 4.98 Å². The van der Waals surface area contributed by atoms with Crippen LogP contribution in [0.5, 0.6) is 0 Å². The molecular formula is C19H21N3O2. The highest BCUT2D eigenvalue weighted by atomic mass is 16.5. The third-order valence-corrected chi connectivity index (χ3v) is 4.27. The van der Waals surface area contributed by atoms with Crippen LogP contribution in [0, 0.1) is 6.92 Å². The molecule has 3 aromatic rings. The predicted molar refractivity (Wildman–Crippen MR) is 94.0 cm³/mol. The fraction of sp³-hybridized carbons (Fsp3) is 0.263. The smallest absolute Gasteiger partial charge is 0.251 e. The number of fused-ring (bicyclic) bond motifs is 1. The van der Waals surface area contributed by atoms with Crippen molar-refractivity contribution in [3.8, 4) is 0 Å². The summed E-state index contributed by atoms with van der Waals surface area (Å²) in [5, 5.41) is 2.94. The van der Waals surface area contributed by atoms with E-state index in [1.165, 1.54) is 0 Å². The first-order chi connectivity index (χ1) is 11.6. The van der Waals surface area contributed by atoms with E-state index in [4.69, 9.17) is 4.74 Å². The summed E-state index contributed by atoms with van der Waals surface area (Å²) in [7, 11) is 3.61. The van der Waals surface area contributed by atoms with E-state index in [9.17, 15) is 4.79 Å². The van der Waals surface area contributed by atoms with Crippen LogP contribution in [-0.2, 0) is 11.8 Å². The summed E-state index contributed by atoms with van der Waals surface area (Å²) in [6, 6.07) is 15.4. The highest BCUT2D eigenvalue weighted by Crippen LogP contribution is 2.18. The molecule has 0 spiro atoms. The molecule has 1 aromatic heterocycles. The molecule has 0 fully saturated rings. The first kappa shape index (κ1) is 16.2. The Morgan fingerprint density at radius 1 is 1.25 bits per heavy atom. The van der Waals surface area contributed by atoms with Gasteiger partial charge in [-0.2, -0.15) is 0 Å². The van der Waals surface area contributed by atoms with Crippen molar-refractivity contribution in [2.24, 2.45) is 7.05 Å². The largest absolute Gasteiger partial charge is 0.375 e. The van der Waals surface area contributed by atoms with Crippen LogP contribution in [-0.4, -0.2) is 29.1 Å². The van der Waals surface area contributed by atoms with Gasteiger partial charge in [0.2, 0.25) is 0 Å². The van der Waals surface area contributed by atoms with Gasteiger partial charge in [-0.1, -0.05) is 30.3 Å². The monoisotopic (exact) mass is 323 g/mol. The number of imidazole rings is 1. The van der Waals surface area contributed by atoms with Crippen LogP contribution in [0.15, 0.2) is 48.5 Å². The van der Waals surface area contributed by atoms with Gasteiger partial charge in [-0.05, 0) is 30.7 Å². The Labute approximate surface area is 141 Å². The van der Waals surface area contributed by atoms with Crippen molar-refractivity contribution >= 4 is 16.9 Å². The van der Waals surface area contributed by atoms with Gasteiger partial charge in [0.05, 0.1) is 17.1 Å². The Balaban J connectivity index is 1.72. The number of benzene rings is 2. The third kappa shape index (κ3) is 3.16. The highest BCUT2D eigenvalue weighted by Gasteiger charge is 2.14. The molecule has 0 aliphatic rings. The molecule has 1 amide bonds. The molecular weight excluding hydrogens is 302 g/mol. The van der Waals surface area contributed by atoms with Crippen LogP contribution in [0.3, 0.4) is 0 Å². The van der Waals surface area contributed by atoms with Gasteiger partial charge in [0.15, 0.2) is 0 Å². The second kappa shape index (κ2) is 6.84. The van der Waals surface area contributed by atoms with E-state index in [0.717, 1.165) is 22.4 Å². The Kier molecular flexibility index (Phi) is 4.62. The number of rotatable bonds is 5. The number of carbonyl (C=O) groups is 1. The van der Waals surface area contributed by atoms with Crippen LogP contribution in [0.1, 0.15) is 27.8 Å². The van der Waals surface area contributed by atoms with Crippen LogP contribution in [0.2, 0.25) is 0 Å². The molecule has 24 heavy (non-hydrogen) atoms. The molecule has 2 aromatic carbocycles. The van der Waals surface area contributed by atoms with Crippen molar-refractivity contribution in [3.05, 3.63) is 65.5 Å². The second-order valence-electron chi connectivity index (χ2n) is 5.77. The molecule has 0 aliphatic carbocycles. The quantitative estimate of drug-likeness (QED) is 0.785. The van der Waals surface area contributed by atoms with E-state index in [1.807, 2.05) is 67.1 Å². The Bertz CT molecular complexity index is 856. The molecule has 0 radical (unpaired) electrons. The molecule has 0 bridgehead atoms.